The van der Waals surface area contributed by atoms with E-state index in [9.17, 15) is 4.79 Å². The number of benzene rings is 9. The molecule has 2 heterocycles. The van der Waals surface area contributed by atoms with Gasteiger partial charge in [-0.15, -0.1) is 0 Å². The number of nitrogens with zero attached hydrogens (tertiary/aromatic N) is 4. The van der Waals surface area contributed by atoms with Gasteiger partial charge in [-0.25, -0.2) is 15.0 Å². The van der Waals surface area contributed by atoms with Crippen LogP contribution in [0.1, 0.15) is 22.3 Å². The van der Waals surface area contributed by atoms with E-state index in [1.54, 1.807) is 4.57 Å². The van der Waals surface area contributed by atoms with Gasteiger partial charge in [-0.3, -0.25) is 9.36 Å². The van der Waals surface area contributed by atoms with Crippen LogP contribution in [0.3, 0.4) is 0 Å². The summed E-state index contributed by atoms with van der Waals surface area (Å²) in [7, 11) is 0. The zero-order valence-electron chi connectivity index (χ0n) is 34.6. The van der Waals surface area contributed by atoms with Gasteiger partial charge in [-0.2, -0.15) is 0 Å². The molecule has 5 heteroatoms. The molecule has 2 aromatic heterocycles. The maximum Gasteiger partial charge on any atom is 0.263 e. The molecule has 0 unspecified atom stereocenters. The molecular weight excluding hydrogens is 781 g/mol. The van der Waals surface area contributed by atoms with E-state index < -0.39 is 5.41 Å². The summed E-state index contributed by atoms with van der Waals surface area (Å²) in [5, 5.41) is 2.64. The summed E-state index contributed by atoms with van der Waals surface area (Å²) < 4.78 is 1.80. The number of rotatable bonds is 7. The van der Waals surface area contributed by atoms with Gasteiger partial charge in [0.25, 0.3) is 5.56 Å². The topological polar surface area (TPSA) is 60.7 Å². The van der Waals surface area contributed by atoms with Gasteiger partial charge in [0, 0.05) is 33.2 Å². The summed E-state index contributed by atoms with van der Waals surface area (Å²) in [6.45, 7) is 0. The van der Waals surface area contributed by atoms with Gasteiger partial charge in [0.1, 0.15) is 0 Å². The molecule has 11 aromatic rings. The molecule has 0 N–H and O–H groups in total. The van der Waals surface area contributed by atoms with E-state index >= 15 is 0 Å². The molecule has 0 spiro atoms. The molecule has 1 aliphatic carbocycles. The Balaban J connectivity index is 1.08. The second kappa shape index (κ2) is 15.1. The van der Waals surface area contributed by atoms with Crippen molar-refractivity contribution in [2.45, 2.75) is 5.41 Å². The Hall–Kier alpha value is -8.54. The highest BCUT2D eigenvalue weighted by Gasteiger charge is 2.47. The SMILES string of the molecule is O=c1c2ccccc2c2ccccc2n1-c1ccc(-c2nc(-c3cccc(-c4ccccc4)c3)nc(-c3cccc4c3-c3ccccc3C4(c3ccccc3)c3ccccc3)n2)cc1. The summed E-state index contributed by atoms with van der Waals surface area (Å²) in [5.41, 5.74) is 12.8. The number of hydrogen-bond acceptors (Lipinski definition) is 4. The molecular formula is C59H38N4O. The van der Waals surface area contributed by atoms with Gasteiger partial charge in [0.15, 0.2) is 17.5 Å². The minimum Gasteiger partial charge on any atom is -0.276 e. The molecule has 12 rings (SSSR count). The molecule has 0 saturated carbocycles. The van der Waals surface area contributed by atoms with Gasteiger partial charge in [0.2, 0.25) is 0 Å². The van der Waals surface area contributed by atoms with Crippen LogP contribution in [0.25, 0.3) is 83.8 Å². The first-order valence-corrected chi connectivity index (χ1v) is 21.6. The van der Waals surface area contributed by atoms with Crippen molar-refractivity contribution < 1.29 is 0 Å². The van der Waals surface area contributed by atoms with Crippen molar-refractivity contribution in [3.63, 3.8) is 0 Å². The highest BCUT2D eigenvalue weighted by Crippen LogP contribution is 2.58. The number of aromatic nitrogens is 4. The second-order valence-corrected chi connectivity index (χ2v) is 16.3. The summed E-state index contributed by atoms with van der Waals surface area (Å²) in [6.07, 6.45) is 0. The first-order chi connectivity index (χ1) is 31.7. The largest absolute Gasteiger partial charge is 0.276 e. The van der Waals surface area contributed by atoms with E-state index in [1.165, 1.54) is 22.3 Å². The Morgan fingerprint density at radius 1 is 0.359 bits per heavy atom. The molecule has 0 amide bonds. The van der Waals surface area contributed by atoms with Crippen LogP contribution in [0.15, 0.2) is 235 Å². The van der Waals surface area contributed by atoms with Gasteiger partial charge >= 0.3 is 0 Å². The fraction of sp³-hybridized carbons (Fsp3) is 0.0169. The predicted molar refractivity (Wildman–Crippen MR) is 259 cm³/mol. The quantitative estimate of drug-likeness (QED) is 0.150. The summed E-state index contributed by atoms with van der Waals surface area (Å²) >= 11 is 0. The Bertz CT molecular complexity index is 3580. The first kappa shape index (κ1) is 37.2. The maximum atomic E-state index is 14.2. The maximum absolute atomic E-state index is 14.2. The van der Waals surface area contributed by atoms with E-state index in [0.29, 0.717) is 22.9 Å². The van der Waals surface area contributed by atoms with Crippen LogP contribution in [0, 0.1) is 0 Å². The number of para-hydroxylation sites is 1. The first-order valence-electron chi connectivity index (χ1n) is 21.6. The molecule has 5 nitrogen and oxygen atoms in total. The van der Waals surface area contributed by atoms with Gasteiger partial charge < -0.3 is 0 Å². The summed E-state index contributed by atoms with van der Waals surface area (Å²) in [5.74, 6) is 1.68. The van der Waals surface area contributed by atoms with Crippen LogP contribution in [0.5, 0.6) is 0 Å². The molecule has 0 saturated heterocycles. The minimum absolute atomic E-state index is 0.0645. The van der Waals surface area contributed by atoms with E-state index in [4.69, 9.17) is 15.0 Å². The molecule has 0 fully saturated rings. The average molecular weight is 819 g/mol. The fourth-order valence-corrected chi connectivity index (χ4v) is 9.95. The third-order valence-corrected chi connectivity index (χ3v) is 12.8. The van der Waals surface area contributed by atoms with Gasteiger partial charge in [-0.05, 0) is 92.4 Å². The van der Waals surface area contributed by atoms with Gasteiger partial charge in [-0.1, -0.05) is 188 Å². The van der Waals surface area contributed by atoms with Crippen LogP contribution in [-0.4, -0.2) is 19.5 Å². The van der Waals surface area contributed by atoms with E-state index in [2.05, 4.69) is 158 Å². The van der Waals surface area contributed by atoms with Crippen molar-refractivity contribution in [1.82, 2.24) is 19.5 Å². The summed E-state index contributed by atoms with van der Waals surface area (Å²) in [6, 6.07) is 79.6. The highest BCUT2D eigenvalue weighted by molar-refractivity contribution is 6.06. The zero-order chi connectivity index (χ0) is 42.6. The summed E-state index contributed by atoms with van der Waals surface area (Å²) in [4.78, 5) is 30.1. The van der Waals surface area contributed by atoms with Crippen molar-refractivity contribution >= 4 is 21.7 Å². The lowest BCUT2D eigenvalue weighted by Crippen LogP contribution is -2.28. The van der Waals surface area contributed by atoms with Crippen LogP contribution >= 0.6 is 0 Å². The van der Waals surface area contributed by atoms with Crippen LogP contribution in [-0.2, 0) is 5.41 Å². The third kappa shape index (κ3) is 5.86. The molecule has 1 aliphatic rings. The van der Waals surface area contributed by atoms with Crippen molar-refractivity contribution in [3.05, 3.63) is 263 Å². The van der Waals surface area contributed by atoms with Crippen molar-refractivity contribution in [2.75, 3.05) is 0 Å². The molecule has 300 valence electrons. The molecule has 64 heavy (non-hydrogen) atoms. The lowest BCUT2D eigenvalue weighted by molar-refractivity contribution is 0.768. The van der Waals surface area contributed by atoms with E-state index in [-0.39, 0.29) is 5.56 Å². The Morgan fingerprint density at radius 3 is 1.61 bits per heavy atom. The minimum atomic E-state index is -0.575. The monoisotopic (exact) mass is 818 g/mol. The van der Waals surface area contributed by atoms with Crippen LogP contribution in [0.4, 0.5) is 0 Å². The Kier molecular flexibility index (Phi) is 8.80. The van der Waals surface area contributed by atoms with E-state index in [0.717, 1.165) is 60.9 Å². The van der Waals surface area contributed by atoms with Crippen molar-refractivity contribution in [3.8, 4) is 62.1 Å². The predicted octanol–water partition coefficient (Wildman–Crippen LogP) is 13.4. The highest BCUT2D eigenvalue weighted by atomic mass is 16.1. The fourth-order valence-electron chi connectivity index (χ4n) is 9.95. The Morgan fingerprint density at radius 2 is 0.875 bits per heavy atom. The molecule has 0 atom stereocenters. The standard InChI is InChI=1S/C59H38N4O/c64-58-48-28-11-10-26-46(48)47-27-13-15-33-53(47)63(58)45-36-34-40(35-37-45)55-60-56(42-21-16-20-41(38-42)39-18-4-1-5-19-39)62-57(61-55)50-30-17-32-52-54(50)49-29-12-14-31-51(49)59(52,43-22-6-2-7-23-43)44-24-8-3-9-25-44/h1-38H. The molecule has 0 bridgehead atoms. The smallest absolute Gasteiger partial charge is 0.263 e. The zero-order valence-corrected chi connectivity index (χ0v) is 34.6. The van der Waals surface area contributed by atoms with Crippen LogP contribution in [0.2, 0.25) is 0 Å². The molecule has 9 aromatic carbocycles. The lowest BCUT2D eigenvalue weighted by Gasteiger charge is -2.33. The van der Waals surface area contributed by atoms with Crippen molar-refractivity contribution in [1.29, 1.82) is 0 Å². The van der Waals surface area contributed by atoms with Gasteiger partial charge in [0.05, 0.1) is 10.9 Å². The normalized spacial score (nSPS) is 12.6. The average Bonchev–Trinajstić information content (AvgIpc) is 3.69. The number of hydrogen-bond donors (Lipinski definition) is 0. The van der Waals surface area contributed by atoms with Crippen LogP contribution < -0.4 is 5.56 Å². The van der Waals surface area contributed by atoms with Crippen molar-refractivity contribution in [2.24, 2.45) is 0 Å². The lowest BCUT2D eigenvalue weighted by atomic mass is 9.67. The molecule has 0 aliphatic heterocycles. The number of pyridine rings is 1. The Labute approximate surface area is 370 Å². The number of fused-ring (bicyclic) bond motifs is 6. The third-order valence-electron chi connectivity index (χ3n) is 12.8. The van der Waals surface area contributed by atoms with E-state index in [1.807, 2.05) is 72.8 Å². The molecule has 0 radical (unpaired) electrons. The second-order valence-electron chi connectivity index (χ2n) is 16.3.